The average Bonchev–Trinajstić information content (AvgIpc) is 3.17. The van der Waals surface area contributed by atoms with Crippen molar-refractivity contribution in [2.24, 2.45) is 10.7 Å². The number of aliphatic imine (C=N–C) groups is 1. The van der Waals surface area contributed by atoms with Crippen LogP contribution >= 0.6 is 24.0 Å². The van der Waals surface area contributed by atoms with Gasteiger partial charge in [0, 0.05) is 50.8 Å². The zero-order valence-corrected chi connectivity index (χ0v) is 17.9. The van der Waals surface area contributed by atoms with Gasteiger partial charge in [0.2, 0.25) is 11.9 Å². The fraction of sp³-hybridized carbons (Fsp3) is 0.368. The van der Waals surface area contributed by atoms with E-state index in [9.17, 15) is 4.79 Å². The topological polar surface area (TPSA) is 91.0 Å². The predicted octanol–water partition coefficient (Wildman–Crippen LogP) is 1.12. The Morgan fingerprint density at radius 3 is 2.50 bits per heavy atom. The van der Waals surface area contributed by atoms with E-state index in [1.807, 2.05) is 23.1 Å². The van der Waals surface area contributed by atoms with E-state index in [0.29, 0.717) is 12.5 Å². The molecule has 1 saturated heterocycles. The molecule has 28 heavy (non-hydrogen) atoms. The zero-order valence-electron chi connectivity index (χ0n) is 15.6. The van der Waals surface area contributed by atoms with Crippen LogP contribution in [-0.2, 0) is 11.2 Å². The summed E-state index contributed by atoms with van der Waals surface area (Å²) in [5, 5.41) is 0. The number of aromatic nitrogens is 2. The molecule has 8 nitrogen and oxygen atoms in total. The van der Waals surface area contributed by atoms with Gasteiger partial charge < -0.3 is 20.4 Å². The number of benzene rings is 1. The number of guanidine groups is 1. The van der Waals surface area contributed by atoms with E-state index in [2.05, 4.69) is 25.9 Å². The first kappa shape index (κ1) is 20.3. The number of carbonyl (C=O) groups excluding carboxylic acids is 1. The molecule has 1 amide bonds. The van der Waals surface area contributed by atoms with Gasteiger partial charge in [0.15, 0.2) is 5.96 Å². The van der Waals surface area contributed by atoms with Gasteiger partial charge in [-0.2, -0.15) is 0 Å². The SMILES string of the molecule is I.NC(=NCC(=O)N1CCc2ccccc21)N1CCN(c2ncccn2)CC1. The Morgan fingerprint density at radius 1 is 1.04 bits per heavy atom. The first-order valence-electron chi connectivity index (χ1n) is 9.17. The minimum atomic E-state index is -0.0146. The number of carbonyl (C=O) groups is 1. The van der Waals surface area contributed by atoms with Gasteiger partial charge in [-0.05, 0) is 24.1 Å². The Bertz CT molecular complexity index is 837. The smallest absolute Gasteiger partial charge is 0.248 e. The molecule has 1 aromatic heterocycles. The highest BCUT2D eigenvalue weighted by molar-refractivity contribution is 14.0. The summed E-state index contributed by atoms with van der Waals surface area (Å²) in [6.45, 7) is 3.79. The Kier molecular flexibility index (Phi) is 6.65. The minimum Gasteiger partial charge on any atom is -0.370 e. The highest BCUT2D eigenvalue weighted by Crippen LogP contribution is 2.27. The van der Waals surface area contributed by atoms with Crippen LogP contribution < -0.4 is 15.5 Å². The van der Waals surface area contributed by atoms with Crippen LogP contribution in [0.1, 0.15) is 5.56 Å². The maximum absolute atomic E-state index is 12.6. The highest BCUT2D eigenvalue weighted by atomic mass is 127. The van der Waals surface area contributed by atoms with Crippen LogP contribution in [0.5, 0.6) is 0 Å². The van der Waals surface area contributed by atoms with Crippen LogP contribution in [0.25, 0.3) is 0 Å². The van der Waals surface area contributed by atoms with Crippen LogP contribution in [0.2, 0.25) is 0 Å². The Morgan fingerprint density at radius 2 is 1.75 bits per heavy atom. The number of nitrogens with zero attached hydrogens (tertiary/aromatic N) is 6. The summed E-state index contributed by atoms with van der Waals surface area (Å²) < 4.78 is 0. The number of amides is 1. The lowest BCUT2D eigenvalue weighted by Crippen LogP contribution is -2.51. The number of anilines is 2. The molecule has 1 fully saturated rings. The number of hydrogen-bond acceptors (Lipinski definition) is 5. The molecule has 0 bridgehead atoms. The molecular formula is C19H24IN7O. The van der Waals surface area contributed by atoms with Crippen molar-refractivity contribution >= 4 is 47.5 Å². The molecule has 0 saturated carbocycles. The van der Waals surface area contributed by atoms with Crippen molar-refractivity contribution < 1.29 is 4.79 Å². The van der Waals surface area contributed by atoms with Crippen molar-refractivity contribution in [3.63, 3.8) is 0 Å². The zero-order chi connectivity index (χ0) is 18.6. The number of para-hydroxylation sites is 1. The van der Waals surface area contributed by atoms with Crippen molar-refractivity contribution in [3.8, 4) is 0 Å². The molecule has 2 N–H and O–H groups in total. The lowest BCUT2D eigenvalue weighted by molar-refractivity contribution is -0.117. The van der Waals surface area contributed by atoms with E-state index in [1.54, 1.807) is 23.4 Å². The molecule has 0 aliphatic carbocycles. The molecule has 4 rings (SSSR count). The molecule has 2 aliphatic rings. The monoisotopic (exact) mass is 493 g/mol. The van der Waals surface area contributed by atoms with Crippen LogP contribution in [-0.4, -0.2) is 66.0 Å². The van der Waals surface area contributed by atoms with Gasteiger partial charge in [0.05, 0.1) is 0 Å². The maximum Gasteiger partial charge on any atom is 0.248 e. The normalized spacial score (nSPS) is 16.6. The Labute approximate surface area is 181 Å². The van der Waals surface area contributed by atoms with Crippen LogP contribution in [0.15, 0.2) is 47.7 Å². The third-order valence-corrected chi connectivity index (χ3v) is 5.00. The minimum absolute atomic E-state index is 0. The fourth-order valence-corrected chi connectivity index (χ4v) is 3.52. The third kappa shape index (κ3) is 4.34. The van der Waals surface area contributed by atoms with E-state index < -0.39 is 0 Å². The second-order valence-electron chi connectivity index (χ2n) is 6.62. The number of rotatable bonds is 3. The van der Waals surface area contributed by atoms with Crippen molar-refractivity contribution in [3.05, 3.63) is 48.3 Å². The van der Waals surface area contributed by atoms with Crippen molar-refractivity contribution in [1.82, 2.24) is 14.9 Å². The Balaban J connectivity index is 0.00000225. The molecule has 2 aliphatic heterocycles. The number of halogens is 1. The van der Waals surface area contributed by atoms with E-state index in [1.165, 1.54) is 5.56 Å². The molecule has 9 heteroatoms. The average molecular weight is 493 g/mol. The molecule has 0 radical (unpaired) electrons. The van der Waals surface area contributed by atoms with Crippen molar-refractivity contribution in [2.75, 3.05) is 49.1 Å². The lowest BCUT2D eigenvalue weighted by Gasteiger charge is -2.35. The van der Waals surface area contributed by atoms with E-state index in [4.69, 9.17) is 5.73 Å². The third-order valence-electron chi connectivity index (χ3n) is 5.00. The van der Waals surface area contributed by atoms with Crippen molar-refractivity contribution in [1.29, 1.82) is 0 Å². The molecule has 148 valence electrons. The number of fused-ring (bicyclic) bond motifs is 1. The molecule has 0 atom stereocenters. The first-order valence-corrected chi connectivity index (χ1v) is 9.17. The highest BCUT2D eigenvalue weighted by Gasteiger charge is 2.24. The molecule has 2 aromatic rings. The molecule has 0 unspecified atom stereocenters. The predicted molar refractivity (Wildman–Crippen MR) is 120 cm³/mol. The summed E-state index contributed by atoms with van der Waals surface area (Å²) in [5.74, 6) is 1.14. The van der Waals surface area contributed by atoms with Gasteiger partial charge in [-0.3, -0.25) is 4.79 Å². The standard InChI is InChI=1S/C19H23N7O.HI/c20-18(24-10-12-25(13-11-24)19-21-7-3-8-22-19)23-14-17(27)26-9-6-15-4-1-2-5-16(15)26;/h1-5,7-8H,6,9-14H2,(H2,20,23);1H. The van der Waals surface area contributed by atoms with Crippen molar-refractivity contribution in [2.45, 2.75) is 6.42 Å². The van der Waals surface area contributed by atoms with Gasteiger partial charge in [0.1, 0.15) is 6.54 Å². The van der Waals surface area contributed by atoms with E-state index >= 15 is 0 Å². The van der Waals surface area contributed by atoms with Gasteiger partial charge in [-0.1, -0.05) is 18.2 Å². The summed E-state index contributed by atoms with van der Waals surface area (Å²) >= 11 is 0. The quantitative estimate of drug-likeness (QED) is 0.392. The summed E-state index contributed by atoms with van der Waals surface area (Å²) in [7, 11) is 0. The molecule has 1 aromatic carbocycles. The van der Waals surface area contributed by atoms with Gasteiger partial charge >= 0.3 is 0 Å². The van der Waals surface area contributed by atoms with Crippen LogP contribution in [0.3, 0.4) is 0 Å². The largest absolute Gasteiger partial charge is 0.370 e. The Hall–Kier alpha value is -2.43. The van der Waals surface area contributed by atoms with Gasteiger partial charge in [0.25, 0.3) is 0 Å². The fourth-order valence-electron chi connectivity index (χ4n) is 3.52. The maximum atomic E-state index is 12.6. The summed E-state index contributed by atoms with van der Waals surface area (Å²) in [6.07, 6.45) is 4.38. The number of nitrogens with two attached hydrogens (primary N) is 1. The molecular weight excluding hydrogens is 469 g/mol. The first-order chi connectivity index (χ1) is 13.2. The summed E-state index contributed by atoms with van der Waals surface area (Å²) in [6, 6.07) is 9.82. The summed E-state index contributed by atoms with van der Waals surface area (Å²) in [4.78, 5) is 31.4. The molecule has 0 spiro atoms. The van der Waals surface area contributed by atoms with Gasteiger partial charge in [-0.25, -0.2) is 15.0 Å². The second kappa shape index (κ2) is 9.18. The number of piperazine rings is 1. The van der Waals surface area contributed by atoms with E-state index in [0.717, 1.165) is 44.2 Å². The second-order valence-corrected chi connectivity index (χ2v) is 6.62. The number of hydrogen-bond donors (Lipinski definition) is 1. The van der Waals surface area contributed by atoms with E-state index in [-0.39, 0.29) is 36.4 Å². The lowest BCUT2D eigenvalue weighted by atomic mass is 10.2. The van der Waals surface area contributed by atoms with Crippen LogP contribution in [0.4, 0.5) is 11.6 Å². The molecule has 3 heterocycles. The van der Waals surface area contributed by atoms with Crippen LogP contribution in [0, 0.1) is 0 Å². The summed E-state index contributed by atoms with van der Waals surface area (Å²) in [5.41, 5.74) is 8.33. The van der Waals surface area contributed by atoms with Gasteiger partial charge in [-0.15, -0.1) is 24.0 Å².